The van der Waals surface area contributed by atoms with E-state index in [9.17, 15) is 23.9 Å². The molecule has 0 bridgehead atoms. The van der Waals surface area contributed by atoms with Crippen LogP contribution in [0.3, 0.4) is 0 Å². The minimum absolute atomic E-state index is 0.0729. The number of carbonyl (C=O) groups is 3. The number of hydrogen-bond acceptors (Lipinski definition) is 6. The highest BCUT2D eigenvalue weighted by Crippen LogP contribution is 2.30. The monoisotopic (exact) mass is 492 g/mol. The van der Waals surface area contributed by atoms with Crippen molar-refractivity contribution in [2.24, 2.45) is 5.73 Å². The number of nitrogens with zero attached hydrogens (tertiary/aromatic N) is 3. The summed E-state index contributed by atoms with van der Waals surface area (Å²) in [5.41, 5.74) is 6.24. The number of piperazine rings is 1. The molecule has 1 aromatic heterocycles. The van der Waals surface area contributed by atoms with Crippen molar-refractivity contribution in [1.82, 2.24) is 14.8 Å². The standard InChI is InChI=1S/C23H26ClFN4O5/c1-14-11-28(12-15-2-4-17(25)5-3-15)6-7-29(14)21(31)13-34-22-18(8-16(24)10-27-22)19(23(32)33)9-20(26)30/h2-5,8,10,14,19H,6-7,9,11-13H2,1H3,(H2,26,30)(H,32,33)/t14-,19?/m1/s1. The number of aliphatic carboxylic acids is 1. The molecule has 2 amide bonds. The molecule has 34 heavy (non-hydrogen) atoms. The van der Waals surface area contributed by atoms with Crippen molar-refractivity contribution in [2.75, 3.05) is 26.2 Å². The summed E-state index contributed by atoms with van der Waals surface area (Å²) < 4.78 is 18.7. The molecule has 9 nitrogen and oxygen atoms in total. The van der Waals surface area contributed by atoms with E-state index >= 15 is 0 Å². The van der Waals surface area contributed by atoms with Crippen LogP contribution in [0.25, 0.3) is 0 Å². The molecule has 1 aliphatic heterocycles. The molecule has 182 valence electrons. The van der Waals surface area contributed by atoms with E-state index in [1.807, 2.05) is 6.92 Å². The summed E-state index contributed by atoms with van der Waals surface area (Å²) in [6.45, 7) is 3.97. The number of carboxylic acids is 1. The number of carbonyl (C=O) groups excluding carboxylic acids is 2. The number of hydrogen-bond donors (Lipinski definition) is 2. The van der Waals surface area contributed by atoms with E-state index in [4.69, 9.17) is 22.1 Å². The predicted octanol–water partition coefficient (Wildman–Crippen LogP) is 2.03. The first kappa shape index (κ1) is 25.4. The third-order valence-electron chi connectivity index (χ3n) is 5.61. The van der Waals surface area contributed by atoms with Crippen molar-refractivity contribution in [2.45, 2.75) is 31.8 Å². The molecule has 11 heteroatoms. The molecule has 2 heterocycles. The van der Waals surface area contributed by atoms with Gasteiger partial charge in [-0.25, -0.2) is 9.37 Å². The molecule has 0 spiro atoms. The van der Waals surface area contributed by atoms with Crippen LogP contribution in [0.4, 0.5) is 4.39 Å². The Morgan fingerprint density at radius 2 is 2.00 bits per heavy atom. The van der Waals surface area contributed by atoms with Gasteiger partial charge in [-0.3, -0.25) is 19.3 Å². The van der Waals surface area contributed by atoms with Gasteiger partial charge in [0.05, 0.1) is 10.9 Å². The summed E-state index contributed by atoms with van der Waals surface area (Å²) in [5, 5.41) is 9.68. The molecule has 3 rings (SSSR count). The summed E-state index contributed by atoms with van der Waals surface area (Å²) in [4.78, 5) is 43.7. The number of benzene rings is 1. The second-order valence-corrected chi connectivity index (χ2v) is 8.63. The summed E-state index contributed by atoms with van der Waals surface area (Å²) in [6, 6.07) is 7.58. The molecule has 3 N–H and O–H groups in total. The topological polar surface area (TPSA) is 126 Å². The van der Waals surface area contributed by atoms with Crippen LogP contribution in [0.15, 0.2) is 36.5 Å². The average Bonchev–Trinajstić information content (AvgIpc) is 2.78. The predicted molar refractivity (Wildman–Crippen MR) is 122 cm³/mol. The second-order valence-electron chi connectivity index (χ2n) is 8.20. The zero-order valence-corrected chi connectivity index (χ0v) is 19.4. The third kappa shape index (κ3) is 6.64. The Labute approximate surface area is 201 Å². The van der Waals surface area contributed by atoms with Crippen LogP contribution in [0.1, 0.15) is 30.4 Å². The zero-order chi connectivity index (χ0) is 24.8. The van der Waals surface area contributed by atoms with Crippen molar-refractivity contribution in [1.29, 1.82) is 0 Å². The molecule has 1 saturated heterocycles. The number of pyridine rings is 1. The quantitative estimate of drug-likeness (QED) is 0.548. The van der Waals surface area contributed by atoms with Gasteiger partial charge in [0.1, 0.15) is 5.82 Å². The number of nitrogens with two attached hydrogens (primary N) is 1. The number of carboxylic acid groups (broad SMARTS) is 1. The van der Waals surface area contributed by atoms with Crippen molar-refractivity contribution in [3.8, 4) is 5.88 Å². The van der Waals surface area contributed by atoms with Crippen molar-refractivity contribution in [3.63, 3.8) is 0 Å². The highest BCUT2D eigenvalue weighted by atomic mass is 35.5. The maximum Gasteiger partial charge on any atom is 0.311 e. The minimum atomic E-state index is -1.30. The van der Waals surface area contributed by atoms with Crippen molar-refractivity contribution < 1.29 is 28.6 Å². The maximum absolute atomic E-state index is 13.1. The Bertz CT molecular complexity index is 1050. The van der Waals surface area contributed by atoms with Gasteiger partial charge in [0.25, 0.3) is 5.91 Å². The van der Waals surface area contributed by atoms with E-state index in [2.05, 4.69) is 9.88 Å². The molecule has 1 fully saturated rings. The number of aromatic nitrogens is 1. The van der Waals surface area contributed by atoms with Gasteiger partial charge in [-0.05, 0) is 30.7 Å². The first-order chi connectivity index (χ1) is 16.1. The number of amides is 2. The lowest BCUT2D eigenvalue weighted by molar-refractivity contribution is -0.140. The van der Waals surface area contributed by atoms with Crippen LogP contribution in [0.5, 0.6) is 5.88 Å². The number of rotatable bonds is 9. The fraction of sp³-hybridized carbons (Fsp3) is 0.391. The summed E-state index contributed by atoms with van der Waals surface area (Å²) >= 11 is 5.96. The van der Waals surface area contributed by atoms with Crippen molar-refractivity contribution >= 4 is 29.4 Å². The van der Waals surface area contributed by atoms with E-state index in [1.54, 1.807) is 17.0 Å². The molecule has 1 aromatic carbocycles. The summed E-state index contributed by atoms with van der Waals surface area (Å²) in [6.07, 6.45) is 0.805. The van der Waals surface area contributed by atoms with Crippen LogP contribution < -0.4 is 10.5 Å². The van der Waals surface area contributed by atoms with Crippen LogP contribution >= 0.6 is 11.6 Å². The lowest BCUT2D eigenvalue weighted by Crippen LogP contribution is -2.54. The maximum atomic E-state index is 13.1. The smallest absolute Gasteiger partial charge is 0.311 e. The molecule has 0 saturated carbocycles. The van der Waals surface area contributed by atoms with Gasteiger partial charge in [0, 0.05) is 50.4 Å². The van der Waals surface area contributed by atoms with Crippen LogP contribution in [-0.2, 0) is 20.9 Å². The molecular weight excluding hydrogens is 467 g/mol. The molecule has 0 radical (unpaired) electrons. The largest absolute Gasteiger partial charge is 0.481 e. The summed E-state index contributed by atoms with van der Waals surface area (Å²) in [5.74, 6) is -4.04. The van der Waals surface area contributed by atoms with Gasteiger partial charge < -0.3 is 20.5 Å². The highest BCUT2D eigenvalue weighted by molar-refractivity contribution is 6.30. The van der Waals surface area contributed by atoms with Gasteiger partial charge in [-0.2, -0.15) is 0 Å². The molecule has 1 aliphatic rings. The molecule has 2 atom stereocenters. The SMILES string of the molecule is C[C@@H]1CN(Cc2ccc(F)cc2)CCN1C(=O)COc1ncc(Cl)cc1C(CC(N)=O)C(=O)O. The molecule has 1 unspecified atom stereocenters. The fourth-order valence-electron chi connectivity index (χ4n) is 3.95. The van der Waals surface area contributed by atoms with Crippen molar-refractivity contribution in [3.05, 3.63) is 58.5 Å². The van der Waals surface area contributed by atoms with Crippen LogP contribution in [-0.4, -0.2) is 70.0 Å². The Morgan fingerprint density at radius 1 is 1.29 bits per heavy atom. The highest BCUT2D eigenvalue weighted by Gasteiger charge is 2.30. The zero-order valence-electron chi connectivity index (χ0n) is 18.6. The van der Waals surface area contributed by atoms with E-state index in [1.165, 1.54) is 24.4 Å². The van der Waals surface area contributed by atoms with Crippen LogP contribution in [0, 0.1) is 5.82 Å². The Morgan fingerprint density at radius 3 is 2.62 bits per heavy atom. The Kier molecular flexibility index (Phi) is 8.41. The van der Waals surface area contributed by atoms with Gasteiger partial charge in [0.2, 0.25) is 11.8 Å². The summed E-state index contributed by atoms with van der Waals surface area (Å²) in [7, 11) is 0. The van der Waals surface area contributed by atoms with E-state index in [0.717, 1.165) is 5.56 Å². The first-order valence-corrected chi connectivity index (χ1v) is 11.1. The van der Waals surface area contributed by atoms with Gasteiger partial charge in [0.15, 0.2) is 6.61 Å². The first-order valence-electron chi connectivity index (χ1n) is 10.7. The van der Waals surface area contributed by atoms with Gasteiger partial charge in [-0.1, -0.05) is 23.7 Å². The minimum Gasteiger partial charge on any atom is -0.481 e. The third-order valence-corrected chi connectivity index (χ3v) is 5.81. The van der Waals surface area contributed by atoms with Crippen LogP contribution in [0.2, 0.25) is 5.02 Å². The van der Waals surface area contributed by atoms with E-state index in [-0.39, 0.29) is 40.8 Å². The average molecular weight is 493 g/mol. The van der Waals surface area contributed by atoms with Gasteiger partial charge >= 0.3 is 5.97 Å². The molecule has 2 aromatic rings. The Balaban J connectivity index is 1.62. The number of halogens is 2. The number of ether oxygens (including phenoxy) is 1. The van der Waals surface area contributed by atoms with E-state index < -0.39 is 24.2 Å². The number of primary amides is 1. The lowest BCUT2D eigenvalue weighted by atomic mass is 9.96. The normalized spacial score (nSPS) is 17.3. The van der Waals surface area contributed by atoms with Gasteiger partial charge in [-0.15, -0.1) is 0 Å². The molecule has 0 aliphatic carbocycles. The Hall–Kier alpha value is -3.24. The fourth-order valence-corrected chi connectivity index (χ4v) is 4.12. The second kappa shape index (κ2) is 11.3. The molecular formula is C23H26ClFN4O5. The van der Waals surface area contributed by atoms with E-state index in [0.29, 0.717) is 26.2 Å². The lowest BCUT2D eigenvalue weighted by Gasteiger charge is -2.39.